The van der Waals surface area contributed by atoms with E-state index in [2.05, 4.69) is 10.1 Å². The summed E-state index contributed by atoms with van der Waals surface area (Å²) in [6.45, 7) is 6.84. The number of ether oxygens (including phenoxy) is 1. The Hall–Kier alpha value is -1.72. The monoisotopic (exact) mass is 275 g/mol. The van der Waals surface area contributed by atoms with Gasteiger partial charge in [-0.05, 0) is 23.1 Å². The van der Waals surface area contributed by atoms with Crippen molar-refractivity contribution in [1.82, 2.24) is 0 Å². The Kier molecular flexibility index (Phi) is 4.12. The maximum atomic E-state index is 12.4. The van der Waals surface area contributed by atoms with Crippen molar-refractivity contribution in [3.8, 4) is 5.75 Å². The van der Waals surface area contributed by atoms with Crippen LogP contribution in [0.4, 0.5) is 18.9 Å². The van der Waals surface area contributed by atoms with Gasteiger partial charge < -0.3 is 10.1 Å². The zero-order chi connectivity index (χ0) is 14.8. The Labute approximate surface area is 109 Å². The largest absolute Gasteiger partial charge is 0.573 e. The molecule has 0 heterocycles. The van der Waals surface area contributed by atoms with Crippen molar-refractivity contribution in [2.24, 2.45) is 0 Å². The number of nitrogens with one attached hydrogen (secondary N) is 1. The normalized spacial score (nSPS) is 12.2. The molecule has 1 amide bonds. The third-order valence-corrected chi connectivity index (χ3v) is 2.38. The van der Waals surface area contributed by atoms with E-state index in [1.54, 1.807) is 6.07 Å². The molecule has 0 aliphatic heterocycles. The Balaban J connectivity index is 3.22. The van der Waals surface area contributed by atoms with Crippen LogP contribution in [-0.4, -0.2) is 12.3 Å². The smallest absolute Gasteiger partial charge is 0.404 e. The highest BCUT2D eigenvalue weighted by atomic mass is 19.4. The molecule has 0 unspecified atom stereocenters. The zero-order valence-corrected chi connectivity index (χ0v) is 11.2. The van der Waals surface area contributed by atoms with Crippen LogP contribution < -0.4 is 10.1 Å². The van der Waals surface area contributed by atoms with E-state index < -0.39 is 18.0 Å². The molecule has 0 saturated carbocycles. The fraction of sp³-hybridized carbons (Fsp3) is 0.462. The van der Waals surface area contributed by atoms with Gasteiger partial charge in [0.2, 0.25) is 5.91 Å². The summed E-state index contributed by atoms with van der Waals surface area (Å²) in [7, 11) is 0. The highest BCUT2D eigenvalue weighted by molar-refractivity contribution is 5.90. The van der Waals surface area contributed by atoms with Crippen LogP contribution in [-0.2, 0) is 10.2 Å². The van der Waals surface area contributed by atoms with Crippen LogP contribution in [0.2, 0.25) is 0 Å². The molecule has 0 fully saturated rings. The molecule has 0 atom stereocenters. The van der Waals surface area contributed by atoms with Gasteiger partial charge in [-0.3, -0.25) is 4.79 Å². The lowest BCUT2D eigenvalue weighted by Crippen LogP contribution is -2.20. The first kappa shape index (κ1) is 15.3. The Morgan fingerprint density at radius 1 is 1.21 bits per heavy atom. The Morgan fingerprint density at radius 2 is 1.79 bits per heavy atom. The van der Waals surface area contributed by atoms with E-state index in [0.29, 0.717) is 5.56 Å². The second kappa shape index (κ2) is 5.11. The molecule has 0 aliphatic carbocycles. The van der Waals surface area contributed by atoms with E-state index in [0.717, 1.165) is 0 Å². The van der Waals surface area contributed by atoms with Crippen molar-refractivity contribution in [3.63, 3.8) is 0 Å². The number of carbonyl (C=O) groups excluding carboxylic acids is 1. The summed E-state index contributed by atoms with van der Waals surface area (Å²) in [5.41, 5.74) is 0.358. The van der Waals surface area contributed by atoms with Gasteiger partial charge in [-0.1, -0.05) is 26.8 Å². The van der Waals surface area contributed by atoms with Crippen molar-refractivity contribution in [1.29, 1.82) is 0 Å². The topological polar surface area (TPSA) is 38.3 Å². The average Bonchev–Trinajstić information content (AvgIpc) is 2.15. The summed E-state index contributed by atoms with van der Waals surface area (Å²) in [6.07, 6.45) is -4.80. The zero-order valence-electron chi connectivity index (χ0n) is 11.2. The predicted molar refractivity (Wildman–Crippen MR) is 66.1 cm³/mol. The van der Waals surface area contributed by atoms with E-state index in [4.69, 9.17) is 0 Å². The molecular formula is C13H16F3NO2. The number of carbonyl (C=O) groups is 1. The van der Waals surface area contributed by atoms with Crippen LogP contribution in [0.25, 0.3) is 0 Å². The van der Waals surface area contributed by atoms with Crippen molar-refractivity contribution in [3.05, 3.63) is 23.8 Å². The lowest BCUT2D eigenvalue weighted by atomic mass is 9.87. The minimum Gasteiger partial charge on any atom is -0.404 e. The first-order chi connectivity index (χ1) is 8.49. The minimum atomic E-state index is -4.80. The van der Waals surface area contributed by atoms with E-state index in [1.165, 1.54) is 19.1 Å². The lowest BCUT2D eigenvalue weighted by molar-refractivity contribution is -0.274. The molecule has 3 nitrogen and oxygen atoms in total. The summed E-state index contributed by atoms with van der Waals surface area (Å²) in [6, 6.07) is 4.36. The number of benzene rings is 1. The summed E-state index contributed by atoms with van der Waals surface area (Å²) in [5.74, 6) is -0.870. The van der Waals surface area contributed by atoms with Crippen molar-refractivity contribution >= 4 is 11.6 Å². The van der Waals surface area contributed by atoms with E-state index in [1.807, 2.05) is 20.8 Å². The lowest BCUT2D eigenvalue weighted by Gasteiger charge is -2.22. The number of rotatable bonds is 2. The van der Waals surface area contributed by atoms with Gasteiger partial charge in [-0.15, -0.1) is 13.2 Å². The first-order valence-corrected chi connectivity index (χ1v) is 5.67. The van der Waals surface area contributed by atoms with Gasteiger partial charge in [0.15, 0.2) is 5.75 Å². The van der Waals surface area contributed by atoms with Crippen LogP contribution in [0, 0.1) is 0 Å². The fourth-order valence-electron chi connectivity index (χ4n) is 1.49. The van der Waals surface area contributed by atoms with Gasteiger partial charge >= 0.3 is 6.36 Å². The molecular weight excluding hydrogens is 259 g/mol. The highest BCUT2D eigenvalue weighted by Gasteiger charge is 2.32. The maximum absolute atomic E-state index is 12.4. The van der Waals surface area contributed by atoms with E-state index in [9.17, 15) is 18.0 Å². The third-order valence-electron chi connectivity index (χ3n) is 2.38. The standard InChI is InChI=1S/C13H16F3NO2/c1-8(18)17-10-6-5-9(12(2,3)4)7-11(10)19-13(14,15)16/h5-7H,1-4H3,(H,17,18). The second-order valence-corrected chi connectivity index (χ2v) is 5.19. The van der Waals surface area contributed by atoms with Gasteiger partial charge in [0.1, 0.15) is 0 Å². The van der Waals surface area contributed by atoms with Crippen LogP contribution >= 0.6 is 0 Å². The predicted octanol–water partition coefficient (Wildman–Crippen LogP) is 3.84. The van der Waals surface area contributed by atoms with Gasteiger partial charge in [0.25, 0.3) is 0 Å². The number of hydrogen-bond donors (Lipinski definition) is 1. The van der Waals surface area contributed by atoms with Gasteiger partial charge in [0.05, 0.1) is 5.69 Å². The SMILES string of the molecule is CC(=O)Nc1ccc(C(C)(C)C)cc1OC(F)(F)F. The van der Waals surface area contributed by atoms with E-state index in [-0.39, 0.29) is 11.1 Å². The first-order valence-electron chi connectivity index (χ1n) is 5.67. The van der Waals surface area contributed by atoms with Crippen molar-refractivity contribution < 1.29 is 22.7 Å². The molecule has 0 aliphatic rings. The average molecular weight is 275 g/mol. The summed E-state index contributed by atoms with van der Waals surface area (Å²) >= 11 is 0. The van der Waals surface area contributed by atoms with Crippen LogP contribution in [0.3, 0.4) is 0 Å². The van der Waals surface area contributed by atoms with Crippen LogP contribution in [0.1, 0.15) is 33.3 Å². The molecule has 0 bridgehead atoms. The van der Waals surface area contributed by atoms with Crippen molar-refractivity contribution in [2.45, 2.75) is 39.5 Å². The van der Waals surface area contributed by atoms with E-state index >= 15 is 0 Å². The number of amides is 1. The molecule has 0 spiro atoms. The molecule has 0 aromatic heterocycles. The number of alkyl halides is 3. The molecule has 1 aromatic rings. The van der Waals surface area contributed by atoms with Crippen molar-refractivity contribution in [2.75, 3.05) is 5.32 Å². The minimum absolute atomic E-state index is 0.00201. The third kappa shape index (κ3) is 4.81. The number of anilines is 1. The quantitative estimate of drug-likeness (QED) is 0.890. The Bertz CT molecular complexity index is 476. The highest BCUT2D eigenvalue weighted by Crippen LogP contribution is 2.34. The van der Waals surface area contributed by atoms with Gasteiger partial charge in [0, 0.05) is 6.92 Å². The molecule has 0 radical (unpaired) electrons. The van der Waals surface area contributed by atoms with Crippen LogP contribution in [0.15, 0.2) is 18.2 Å². The van der Waals surface area contributed by atoms with Gasteiger partial charge in [-0.2, -0.15) is 0 Å². The molecule has 0 saturated heterocycles. The maximum Gasteiger partial charge on any atom is 0.573 e. The molecule has 6 heteroatoms. The summed E-state index contributed by atoms with van der Waals surface area (Å²) in [4.78, 5) is 11.0. The molecule has 19 heavy (non-hydrogen) atoms. The molecule has 106 valence electrons. The summed E-state index contributed by atoms with van der Waals surface area (Å²) in [5, 5.41) is 2.31. The van der Waals surface area contributed by atoms with Gasteiger partial charge in [-0.25, -0.2) is 0 Å². The molecule has 1 N–H and O–H groups in total. The molecule has 1 aromatic carbocycles. The molecule has 1 rings (SSSR count). The summed E-state index contributed by atoms with van der Waals surface area (Å²) < 4.78 is 41.0. The second-order valence-electron chi connectivity index (χ2n) is 5.19. The Morgan fingerprint density at radius 3 is 2.21 bits per heavy atom. The van der Waals surface area contributed by atoms with Crippen LogP contribution in [0.5, 0.6) is 5.75 Å². The number of halogens is 3. The fourth-order valence-corrected chi connectivity index (χ4v) is 1.49. The number of hydrogen-bond acceptors (Lipinski definition) is 2.